The van der Waals surface area contributed by atoms with Crippen LogP contribution in [0.5, 0.6) is 5.75 Å². The highest BCUT2D eigenvalue weighted by Crippen LogP contribution is 2.44. The van der Waals surface area contributed by atoms with E-state index in [0.717, 1.165) is 22.3 Å². The molecule has 2 aromatic rings. The number of ketones is 2. The molecule has 2 aromatic carbocycles. The number of phenols is 1. The van der Waals surface area contributed by atoms with Crippen LogP contribution in [0.3, 0.4) is 0 Å². The lowest BCUT2D eigenvalue weighted by Crippen LogP contribution is -2.25. The maximum absolute atomic E-state index is 13.7. The molecule has 0 radical (unpaired) electrons. The Bertz CT molecular complexity index is 1140. The number of allylic oxidation sites excluding steroid dienone is 2. The highest BCUT2D eigenvalue weighted by molar-refractivity contribution is 6.40. The Morgan fingerprint density at radius 2 is 1.42 bits per heavy atom. The van der Waals surface area contributed by atoms with E-state index in [4.69, 9.17) is 4.74 Å². The number of hydrogen-bond acceptors (Lipinski definition) is 4. The second-order valence-corrected chi connectivity index (χ2v) is 10.5. The van der Waals surface area contributed by atoms with E-state index >= 15 is 0 Å². The second-order valence-electron chi connectivity index (χ2n) is 10.5. The van der Waals surface area contributed by atoms with Crippen molar-refractivity contribution in [3.05, 3.63) is 69.0 Å². The fraction of sp³-hybridized carbons (Fsp3) is 0.407. The molecule has 0 spiro atoms. The van der Waals surface area contributed by atoms with Crippen molar-refractivity contribution >= 4 is 17.1 Å². The van der Waals surface area contributed by atoms with Crippen molar-refractivity contribution in [1.82, 2.24) is 0 Å². The Hall–Kier alpha value is -2.88. The molecule has 31 heavy (non-hydrogen) atoms. The molecule has 0 fully saturated rings. The number of aryl methyl sites for hydroxylation is 2. The van der Waals surface area contributed by atoms with Crippen LogP contribution in [0.15, 0.2) is 30.0 Å². The van der Waals surface area contributed by atoms with Crippen LogP contribution in [-0.2, 0) is 15.6 Å². The van der Waals surface area contributed by atoms with Crippen LogP contribution in [0.4, 0.5) is 0 Å². The third kappa shape index (κ3) is 3.80. The van der Waals surface area contributed by atoms with Gasteiger partial charge in [0.15, 0.2) is 11.5 Å². The van der Waals surface area contributed by atoms with Crippen molar-refractivity contribution in [3.8, 4) is 5.75 Å². The van der Waals surface area contributed by atoms with Crippen LogP contribution in [0.2, 0.25) is 0 Å². The van der Waals surface area contributed by atoms with Crippen molar-refractivity contribution in [2.75, 3.05) is 7.11 Å². The molecule has 0 atom stereocenters. The number of carbonyl (C=O) groups is 2. The zero-order valence-electron chi connectivity index (χ0n) is 20.0. The van der Waals surface area contributed by atoms with Gasteiger partial charge in [-0.15, -0.1) is 0 Å². The number of Topliss-reactive ketones (excluding diaryl/α,β-unsaturated/α-hetero) is 2. The van der Waals surface area contributed by atoms with Crippen molar-refractivity contribution in [2.24, 2.45) is 0 Å². The molecule has 164 valence electrons. The van der Waals surface area contributed by atoms with Gasteiger partial charge in [0.05, 0.1) is 12.7 Å². The summed E-state index contributed by atoms with van der Waals surface area (Å²) in [5, 5.41) is 11.3. The lowest BCUT2D eigenvalue weighted by molar-refractivity contribution is 0.0924. The summed E-state index contributed by atoms with van der Waals surface area (Å²) in [5.74, 6) is -0.647. The first-order valence-corrected chi connectivity index (χ1v) is 10.6. The van der Waals surface area contributed by atoms with Gasteiger partial charge in [-0.3, -0.25) is 9.59 Å². The SMILES string of the molecule is COC1=C(c2cc(C(C)(C)C)cc(C(C)(C)C)c2O)C(=O)c2cc(C)cc(C)c2C1=O. The number of rotatable bonds is 2. The standard InChI is InChI=1S/C27H32O4/c1-14-10-15(2)20-17(11-14)23(29)21(25(31-9)24(20)30)18-12-16(26(3,4)5)13-19(22(18)28)27(6,7)8/h10-13,28H,1-9H3. The number of phenolic OH excluding ortho intramolecular Hbond substituents is 1. The third-order valence-electron chi connectivity index (χ3n) is 5.87. The minimum Gasteiger partial charge on any atom is -0.507 e. The molecule has 1 aliphatic carbocycles. The monoisotopic (exact) mass is 420 g/mol. The molecule has 0 aliphatic heterocycles. The summed E-state index contributed by atoms with van der Waals surface area (Å²) in [6.07, 6.45) is 0. The van der Waals surface area contributed by atoms with Gasteiger partial charge in [-0.25, -0.2) is 0 Å². The van der Waals surface area contributed by atoms with E-state index in [9.17, 15) is 14.7 Å². The van der Waals surface area contributed by atoms with Crippen LogP contribution in [0.25, 0.3) is 5.57 Å². The number of benzene rings is 2. The first-order chi connectivity index (χ1) is 14.2. The summed E-state index contributed by atoms with van der Waals surface area (Å²) >= 11 is 0. The predicted octanol–water partition coefficient (Wildman–Crippen LogP) is 6.04. The number of aromatic hydroxyl groups is 1. The average Bonchev–Trinajstić information content (AvgIpc) is 2.62. The molecule has 0 bridgehead atoms. The molecule has 0 heterocycles. The van der Waals surface area contributed by atoms with E-state index in [0.29, 0.717) is 16.7 Å². The molecular weight excluding hydrogens is 388 g/mol. The summed E-state index contributed by atoms with van der Waals surface area (Å²) in [7, 11) is 1.39. The normalized spacial score (nSPS) is 14.7. The third-order valence-corrected chi connectivity index (χ3v) is 5.87. The van der Waals surface area contributed by atoms with Gasteiger partial charge < -0.3 is 9.84 Å². The van der Waals surface area contributed by atoms with Gasteiger partial charge >= 0.3 is 0 Å². The maximum atomic E-state index is 13.7. The average molecular weight is 421 g/mol. The number of hydrogen-bond donors (Lipinski definition) is 1. The minimum atomic E-state index is -0.360. The largest absolute Gasteiger partial charge is 0.507 e. The van der Waals surface area contributed by atoms with Gasteiger partial charge in [0.1, 0.15) is 5.75 Å². The van der Waals surface area contributed by atoms with E-state index in [1.807, 2.05) is 52.8 Å². The lowest BCUT2D eigenvalue weighted by Gasteiger charge is -2.29. The van der Waals surface area contributed by atoms with Gasteiger partial charge in [0, 0.05) is 22.3 Å². The van der Waals surface area contributed by atoms with E-state index in [1.165, 1.54) is 7.11 Å². The van der Waals surface area contributed by atoms with E-state index in [1.54, 1.807) is 6.07 Å². The van der Waals surface area contributed by atoms with Crippen LogP contribution < -0.4 is 0 Å². The molecule has 0 amide bonds. The van der Waals surface area contributed by atoms with Crippen molar-refractivity contribution < 1.29 is 19.4 Å². The van der Waals surface area contributed by atoms with Crippen LogP contribution in [0.1, 0.15) is 90.1 Å². The number of carbonyl (C=O) groups excluding carboxylic acids is 2. The first-order valence-electron chi connectivity index (χ1n) is 10.6. The Morgan fingerprint density at radius 3 is 1.94 bits per heavy atom. The molecule has 4 heteroatoms. The van der Waals surface area contributed by atoms with Gasteiger partial charge in [0.2, 0.25) is 5.78 Å². The predicted molar refractivity (Wildman–Crippen MR) is 124 cm³/mol. The zero-order chi connectivity index (χ0) is 23.5. The van der Waals surface area contributed by atoms with E-state index < -0.39 is 0 Å². The summed E-state index contributed by atoms with van der Waals surface area (Å²) in [5.41, 5.74) is 3.96. The number of fused-ring (bicyclic) bond motifs is 1. The number of methoxy groups -OCH3 is 1. The van der Waals surface area contributed by atoms with Gasteiger partial charge in [0.25, 0.3) is 0 Å². The van der Waals surface area contributed by atoms with Crippen molar-refractivity contribution in [2.45, 2.75) is 66.2 Å². The van der Waals surface area contributed by atoms with Gasteiger partial charge in [-0.1, -0.05) is 59.2 Å². The molecule has 1 aliphatic rings. The maximum Gasteiger partial charge on any atom is 0.229 e. The lowest BCUT2D eigenvalue weighted by atomic mass is 9.75. The topological polar surface area (TPSA) is 63.6 Å². The quantitative estimate of drug-likeness (QED) is 0.643. The van der Waals surface area contributed by atoms with Crippen LogP contribution >= 0.6 is 0 Å². The van der Waals surface area contributed by atoms with E-state index in [-0.39, 0.29) is 39.5 Å². The van der Waals surface area contributed by atoms with E-state index in [2.05, 4.69) is 20.8 Å². The molecule has 4 nitrogen and oxygen atoms in total. The number of ether oxygens (including phenoxy) is 1. The summed E-state index contributed by atoms with van der Waals surface area (Å²) in [6, 6.07) is 7.43. The Morgan fingerprint density at radius 1 is 0.806 bits per heavy atom. The van der Waals surface area contributed by atoms with Crippen LogP contribution in [0, 0.1) is 13.8 Å². The zero-order valence-corrected chi connectivity index (χ0v) is 20.0. The molecule has 0 saturated carbocycles. The fourth-order valence-corrected chi connectivity index (χ4v) is 4.18. The first kappa shape index (κ1) is 22.8. The van der Waals surface area contributed by atoms with Gasteiger partial charge in [-0.05, 0) is 47.9 Å². The Kier molecular flexibility index (Phi) is 5.42. The van der Waals surface area contributed by atoms with Crippen molar-refractivity contribution in [1.29, 1.82) is 0 Å². The molecular formula is C27H32O4. The highest BCUT2D eigenvalue weighted by atomic mass is 16.5. The summed E-state index contributed by atoms with van der Waals surface area (Å²) < 4.78 is 5.49. The van der Waals surface area contributed by atoms with Gasteiger partial charge in [-0.2, -0.15) is 0 Å². The molecule has 3 rings (SSSR count). The smallest absolute Gasteiger partial charge is 0.229 e. The van der Waals surface area contributed by atoms with Crippen molar-refractivity contribution in [3.63, 3.8) is 0 Å². The Balaban J connectivity index is 2.43. The summed E-state index contributed by atoms with van der Waals surface area (Å²) in [4.78, 5) is 27.1. The fourth-order valence-electron chi connectivity index (χ4n) is 4.18. The highest BCUT2D eigenvalue weighted by Gasteiger charge is 2.38. The molecule has 0 unspecified atom stereocenters. The summed E-state index contributed by atoms with van der Waals surface area (Å²) in [6.45, 7) is 16.0. The minimum absolute atomic E-state index is 0.0130. The molecule has 1 N–H and O–H groups in total. The van der Waals surface area contributed by atoms with Crippen LogP contribution in [-0.4, -0.2) is 23.8 Å². The second kappa shape index (κ2) is 7.37. The Labute approximate surface area is 184 Å². The molecule has 0 aromatic heterocycles. The molecule has 0 saturated heterocycles.